The molecule has 1 N–H and O–H groups in total. The van der Waals surface area contributed by atoms with Crippen molar-refractivity contribution in [1.82, 2.24) is 9.88 Å². The van der Waals surface area contributed by atoms with Crippen LogP contribution in [-0.4, -0.2) is 35.6 Å². The normalized spacial score (nSPS) is 11.6. The average molecular weight is 255 g/mol. The molecule has 90 valence electrons. The van der Waals surface area contributed by atoms with Crippen LogP contribution in [0.1, 0.15) is 16.9 Å². The Morgan fingerprint density at radius 1 is 1.56 bits per heavy atom. The van der Waals surface area contributed by atoms with E-state index in [1.54, 1.807) is 0 Å². The zero-order chi connectivity index (χ0) is 12.3. The molecular weight excluding hydrogens is 245 g/mol. The number of carbonyl (C=O) groups excluding carboxylic acids is 1. The minimum atomic E-state index is -4.26. The van der Waals surface area contributed by atoms with Gasteiger partial charge in [-0.15, -0.1) is 0 Å². The van der Waals surface area contributed by atoms with Crippen molar-refractivity contribution in [2.24, 2.45) is 0 Å². The molecule has 7 heteroatoms. The number of aromatic nitrogens is 1. The van der Waals surface area contributed by atoms with Crippen LogP contribution < -0.4 is 0 Å². The molecule has 0 aliphatic rings. The fraction of sp³-hybridized carbons (Fsp3) is 0.444. The average Bonchev–Trinajstić information content (AvgIpc) is 2.59. The van der Waals surface area contributed by atoms with Gasteiger partial charge in [-0.2, -0.15) is 13.2 Å². The molecule has 0 saturated heterocycles. The number of carbonyl (C=O) groups is 1. The van der Waals surface area contributed by atoms with Crippen molar-refractivity contribution >= 4 is 17.5 Å². The number of nitrogens with zero attached hydrogens (tertiary/aromatic N) is 1. The van der Waals surface area contributed by atoms with Gasteiger partial charge in [0.15, 0.2) is 0 Å². The van der Waals surface area contributed by atoms with Gasteiger partial charge in [-0.3, -0.25) is 4.79 Å². The second kappa shape index (κ2) is 4.78. The lowest BCUT2D eigenvalue weighted by Gasteiger charge is -2.17. The molecular formula is C9H10ClF3N2O. The molecule has 0 fully saturated rings. The van der Waals surface area contributed by atoms with E-state index in [0.29, 0.717) is 5.02 Å². The maximum atomic E-state index is 11.9. The van der Waals surface area contributed by atoms with E-state index in [4.69, 9.17) is 11.6 Å². The first-order valence-electron chi connectivity index (χ1n) is 4.46. The van der Waals surface area contributed by atoms with E-state index in [0.717, 1.165) is 4.90 Å². The lowest BCUT2D eigenvalue weighted by molar-refractivity contribution is -0.136. The van der Waals surface area contributed by atoms with Crippen molar-refractivity contribution in [3.63, 3.8) is 0 Å². The van der Waals surface area contributed by atoms with Gasteiger partial charge in [0.05, 0.1) is 11.4 Å². The highest BCUT2D eigenvalue weighted by atomic mass is 35.5. The van der Waals surface area contributed by atoms with Crippen LogP contribution in [0, 0.1) is 0 Å². The number of halogens is 4. The van der Waals surface area contributed by atoms with Crippen LogP contribution in [0.15, 0.2) is 12.3 Å². The SMILES string of the molecule is CN(CCC(F)(F)F)C(=O)c1cc(Cl)c[nH]1. The van der Waals surface area contributed by atoms with Crippen LogP contribution in [-0.2, 0) is 0 Å². The molecule has 0 atom stereocenters. The van der Waals surface area contributed by atoms with E-state index >= 15 is 0 Å². The first-order valence-corrected chi connectivity index (χ1v) is 4.83. The van der Waals surface area contributed by atoms with Gasteiger partial charge in [0.25, 0.3) is 5.91 Å². The minimum absolute atomic E-state index is 0.176. The minimum Gasteiger partial charge on any atom is -0.356 e. The third kappa shape index (κ3) is 3.77. The van der Waals surface area contributed by atoms with Crippen LogP contribution in [0.25, 0.3) is 0 Å². The summed E-state index contributed by atoms with van der Waals surface area (Å²) in [4.78, 5) is 15.1. The number of hydrogen-bond acceptors (Lipinski definition) is 1. The Bertz CT molecular complexity index is 375. The molecule has 16 heavy (non-hydrogen) atoms. The van der Waals surface area contributed by atoms with E-state index in [-0.39, 0.29) is 12.2 Å². The summed E-state index contributed by atoms with van der Waals surface area (Å²) in [5.74, 6) is -0.517. The van der Waals surface area contributed by atoms with Gasteiger partial charge in [-0.1, -0.05) is 11.6 Å². The molecule has 0 unspecified atom stereocenters. The van der Waals surface area contributed by atoms with Crippen molar-refractivity contribution in [1.29, 1.82) is 0 Å². The topological polar surface area (TPSA) is 36.1 Å². The molecule has 0 saturated carbocycles. The number of rotatable bonds is 3. The zero-order valence-electron chi connectivity index (χ0n) is 8.44. The second-order valence-corrected chi connectivity index (χ2v) is 3.76. The molecule has 0 bridgehead atoms. The van der Waals surface area contributed by atoms with E-state index in [1.165, 1.54) is 19.3 Å². The second-order valence-electron chi connectivity index (χ2n) is 3.32. The summed E-state index contributed by atoms with van der Waals surface area (Å²) in [6.45, 7) is -0.376. The Kier molecular flexibility index (Phi) is 3.85. The highest BCUT2D eigenvalue weighted by Crippen LogP contribution is 2.20. The Labute approximate surface area is 95.2 Å². The summed E-state index contributed by atoms with van der Waals surface area (Å²) in [6.07, 6.45) is -3.89. The summed E-state index contributed by atoms with van der Waals surface area (Å²) in [6, 6.07) is 1.37. The smallest absolute Gasteiger partial charge is 0.356 e. The Balaban J connectivity index is 2.55. The van der Waals surface area contributed by atoms with Crippen LogP contribution in [0.4, 0.5) is 13.2 Å². The van der Waals surface area contributed by atoms with Crippen molar-refractivity contribution in [2.75, 3.05) is 13.6 Å². The van der Waals surface area contributed by atoms with Crippen molar-refractivity contribution in [2.45, 2.75) is 12.6 Å². The number of aromatic amines is 1. The summed E-state index contributed by atoms with van der Waals surface area (Å²) >= 11 is 5.58. The number of hydrogen-bond donors (Lipinski definition) is 1. The standard InChI is InChI=1S/C9H10ClF3N2O/c1-15(3-2-9(11,12)13)8(16)7-4-6(10)5-14-7/h4-5,14H,2-3H2,1H3. The molecule has 1 aromatic heterocycles. The van der Waals surface area contributed by atoms with E-state index in [9.17, 15) is 18.0 Å². The molecule has 1 rings (SSSR count). The molecule has 0 aromatic carbocycles. The molecule has 0 radical (unpaired) electrons. The van der Waals surface area contributed by atoms with Crippen molar-refractivity contribution in [3.05, 3.63) is 23.0 Å². The molecule has 0 aliphatic carbocycles. The number of H-pyrrole nitrogens is 1. The van der Waals surface area contributed by atoms with Gasteiger partial charge >= 0.3 is 6.18 Å². The summed E-state index contributed by atoms with van der Waals surface area (Å²) in [5, 5.41) is 0.340. The molecule has 0 spiro atoms. The van der Waals surface area contributed by atoms with Crippen molar-refractivity contribution in [3.8, 4) is 0 Å². The Morgan fingerprint density at radius 2 is 2.19 bits per heavy atom. The molecule has 1 amide bonds. The number of amides is 1. The highest BCUT2D eigenvalue weighted by molar-refractivity contribution is 6.30. The van der Waals surface area contributed by atoms with Gasteiger partial charge in [-0.05, 0) is 6.07 Å². The maximum Gasteiger partial charge on any atom is 0.390 e. The fourth-order valence-corrected chi connectivity index (χ4v) is 1.26. The van der Waals surface area contributed by atoms with Crippen LogP contribution in [0.2, 0.25) is 5.02 Å². The largest absolute Gasteiger partial charge is 0.390 e. The van der Waals surface area contributed by atoms with Gasteiger partial charge < -0.3 is 9.88 Å². The zero-order valence-corrected chi connectivity index (χ0v) is 9.19. The first-order chi connectivity index (χ1) is 7.29. The van der Waals surface area contributed by atoms with Gasteiger partial charge in [-0.25, -0.2) is 0 Å². The van der Waals surface area contributed by atoms with E-state index in [2.05, 4.69) is 4.98 Å². The highest BCUT2D eigenvalue weighted by Gasteiger charge is 2.28. The number of nitrogens with one attached hydrogen (secondary N) is 1. The first kappa shape index (κ1) is 12.9. The summed E-state index contributed by atoms with van der Waals surface area (Å²) in [7, 11) is 1.31. The number of alkyl halides is 3. The predicted molar refractivity (Wildman–Crippen MR) is 53.4 cm³/mol. The maximum absolute atomic E-state index is 11.9. The monoisotopic (exact) mass is 254 g/mol. The van der Waals surface area contributed by atoms with Crippen LogP contribution in [0.5, 0.6) is 0 Å². The molecule has 1 aromatic rings. The van der Waals surface area contributed by atoms with Gasteiger partial charge in [0.2, 0.25) is 0 Å². The van der Waals surface area contributed by atoms with Gasteiger partial charge in [0, 0.05) is 19.8 Å². The molecule has 3 nitrogen and oxygen atoms in total. The summed E-state index contributed by atoms with van der Waals surface area (Å²) in [5.41, 5.74) is 0.176. The lowest BCUT2D eigenvalue weighted by Crippen LogP contribution is -2.30. The van der Waals surface area contributed by atoms with Crippen LogP contribution in [0.3, 0.4) is 0 Å². The molecule has 1 heterocycles. The summed E-state index contributed by atoms with van der Waals surface area (Å²) < 4.78 is 35.8. The van der Waals surface area contributed by atoms with Gasteiger partial charge in [0.1, 0.15) is 5.69 Å². The third-order valence-corrected chi connectivity index (χ3v) is 2.17. The van der Waals surface area contributed by atoms with Crippen molar-refractivity contribution < 1.29 is 18.0 Å². The van der Waals surface area contributed by atoms with E-state index in [1.807, 2.05) is 0 Å². The van der Waals surface area contributed by atoms with E-state index < -0.39 is 18.5 Å². The third-order valence-electron chi connectivity index (χ3n) is 1.96. The fourth-order valence-electron chi connectivity index (χ4n) is 1.09. The predicted octanol–water partition coefficient (Wildman–Crippen LogP) is 2.69. The molecule has 0 aliphatic heterocycles. The lowest BCUT2D eigenvalue weighted by atomic mass is 10.3. The Morgan fingerprint density at radius 3 is 2.62 bits per heavy atom. The Hall–Kier alpha value is -1.17. The van der Waals surface area contributed by atoms with Crippen LogP contribution >= 0.6 is 11.6 Å². The quantitative estimate of drug-likeness (QED) is 0.885.